The van der Waals surface area contributed by atoms with E-state index in [1.165, 1.54) is 31.2 Å². The molecule has 0 aromatic heterocycles. The molecule has 15 nitrogen and oxygen atoms in total. The highest BCUT2D eigenvalue weighted by Crippen LogP contribution is 2.31. The highest BCUT2D eigenvalue weighted by Gasteiger charge is 2.52. The van der Waals surface area contributed by atoms with Gasteiger partial charge in [-0.05, 0) is 12.1 Å². The van der Waals surface area contributed by atoms with Crippen LogP contribution >= 0.6 is 0 Å². The molecule has 2 fully saturated rings. The second-order valence-electron chi connectivity index (χ2n) is 8.11. The number of hydrogen-bond acceptors (Lipinski definition) is 13. The van der Waals surface area contributed by atoms with Gasteiger partial charge in [0, 0.05) is 19.1 Å². The fourth-order valence-electron chi connectivity index (χ4n) is 3.83. The number of nitrogens with one attached hydrogen (secondary N) is 1. The first-order chi connectivity index (χ1) is 16.6. The van der Waals surface area contributed by atoms with Crippen LogP contribution in [0.3, 0.4) is 0 Å². The monoisotopic (exact) mass is 504 g/mol. The van der Waals surface area contributed by atoms with E-state index in [0.717, 1.165) is 0 Å². The number of aliphatic hydroxyl groups is 6. The van der Waals surface area contributed by atoms with Crippen molar-refractivity contribution >= 4 is 11.6 Å². The summed E-state index contributed by atoms with van der Waals surface area (Å²) in [6.45, 7) is -0.262. The number of nitro groups is 1. The van der Waals surface area contributed by atoms with E-state index in [9.17, 15) is 45.5 Å². The molecular formula is C20H28N2O13. The minimum Gasteiger partial charge on any atom is -0.463 e. The maximum atomic E-state index is 11.9. The first-order valence-corrected chi connectivity index (χ1v) is 10.7. The topological polar surface area (TPSA) is 231 Å². The number of rotatable bonds is 8. The summed E-state index contributed by atoms with van der Waals surface area (Å²) in [6, 6.07) is 3.63. The highest BCUT2D eigenvalue weighted by atomic mass is 16.7. The van der Waals surface area contributed by atoms with Crippen LogP contribution in [0.2, 0.25) is 0 Å². The van der Waals surface area contributed by atoms with E-state index in [4.69, 9.17) is 18.9 Å². The molecule has 1 aromatic rings. The molecule has 15 heteroatoms. The van der Waals surface area contributed by atoms with Gasteiger partial charge in [0.05, 0.1) is 18.1 Å². The lowest BCUT2D eigenvalue weighted by Crippen LogP contribution is -2.68. The Bertz CT molecular complexity index is 869. The van der Waals surface area contributed by atoms with E-state index in [1.54, 1.807) is 0 Å². The Balaban J connectivity index is 1.88. The van der Waals surface area contributed by atoms with Crippen molar-refractivity contribution in [3.05, 3.63) is 34.4 Å². The number of non-ortho nitro benzene ring substituents is 1. The number of carbonyl (C=O) groups excluding carboxylic acids is 1. The Kier molecular flexibility index (Phi) is 8.92. The van der Waals surface area contributed by atoms with Crippen LogP contribution in [0.1, 0.15) is 6.92 Å². The van der Waals surface area contributed by atoms with Crippen molar-refractivity contribution in [1.82, 2.24) is 5.32 Å². The molecule has 2 aliphatic rings. The first kappa shape index (κ1) is 27.1. The molecule has 2 heterocycles. The predicted molar refractivity (Wildman–Crippen MR) is 112 cm³/mol. The molecule has 0 radical (unpaired) electrons. The third-order valence-electron chi connectivity index (χ3n) is 5.66. The smallest absolute Gasteiger partial charge is 0.269 e. The third-order valence-corrected chi connectivity index (χ3v) is 5.66. The molecule has 0 spiro atoms. The number of carbonyl (C=O) groups is 1. The summed E-state index contributed by atoms with van der Waals surface area (Å²) in [5.74, 6) is -0.497. The van der Waals surface area contributed by atoms with Gasteiger partial charge in [0.1, 0.15) is 54.5 Å². The number of aliphatic hydroxyl groups excluding tert-OH is 6. The van der Waals surface area contributed by atoms with Gasteiger partial charge in [0.15, 0.2) is 6.29 Å². The Morgan fingerprint density at radius 1 is 0.971 bits per heavy atom. The molecule has 10 atom stereocenters. The van der Waals surface area contributed by atoms with Crippen molar-refractivity contribution in [2.24, 2.45) is 0 Å². The lowest BCUT2D eigenvalue weighted by atomic mass is 9.95. The van der Waals surface area contributed by atoms with Gasteiger partial charge in [0.2, 0.25) is 12.2 Å². The van der Waals surface area contributed by atoms with Gasteiger partial charge in [-0.15, -0.1) is 0 Å². The summed E-state index contributed by atoms with van der Waals surface area (Å²) in [7, 11) is 0. The van der Waals surface area contributed by atoms with Gasteiger partial charge >= 0.3 is 0 Å². The summed E-state index contributed by atoms with van der Waals surface area (Å²) in [5.41, 5.74) is -0.201. The minimum atomic E-state index is -1.80. The largest absolute Gasteiger partial charge is 0.463 e. The number of ether oxygens (including phenoxy) is 4. The second-order valence-corrected chi connectivity index (χ2v) is 8.11. The molecule has 196 valence electrons. The fraction of sp³-hybridized carbons (Fsp3) is 0.650. The van der Waals surface area contributed by atoms with Crippen LogP contribution in [0.25, 0.3) is 0 Å². The first-order valence-electron chi connectivity index (χ1n) is 10.7. The lowest BCUT2D eigenvalue weighted by Gasteiger charge is -2.47. The zero-order valence-electron chi connectivity index (χ0n) is 18.5. The Morgan fingerprint density at radius 2 is 1.54 bits per heavy atom. The molecule has 0 saturated carbocycles. The van der Waals surface area contributed by atoms with Gasteiger partial charge in [-0.3, -0.25) is 14.9 Å². The molecule has 4 unspecified atom stereocenters. The Labute approximate surface area is 198 Å². The van der Waals surface area contributed by atoms with Crippen molar-refractivity contribution in [2.45, 2.75) is 68.3 Å². The SMILES string of the molecule is CC(=O)N[C@H]1C(O[C@@H]2OC(CO)[C@H](O)C(O)[C@@H]2O)[C@@H](O)C(CO)O[C@@H]1Oc1ccc([N+](=O)[O-])cc1. The molecular weight excluding hydrogens is 476 g/mol. The van der Waals surface area contributed by atoms with Crippen LogP contribution in [0.5, 0.6) is 5.75 Å². The summed E-state index contributed by atoms with van der Waals surface area (Å²) in [4.78, 5) is 22.2. The molecule has 35 heavy (non-hydrogen) atoms. The van der Waals surface area contributed by atoms with E-state index in [2.05, 4.69) is 5.32 Å². The second kappa shape index (κ2) is 11.5. The molecule has 2 saturated heterocycles. The molecule has 0 aliphatic carbocycles. The molecule has 7 N–H and O–H groups in total. The zero-order chi connectivity index (χ0) is 25.9. The number of hydrogen-bond donors (Lipinski definition) is 7. The van der Waals surface area contributed by atoms with Crippen LogP contribution in [-0.2, 0) is 19.0 Å². The van der Waals surface area contributed by atoms with Crippen LogP contribution in [0, 0.1) is 10.1 Å². The van der Waals surface area contributed by atoms with Crippen molar-refractivity contribution in [3.63, 3.8) is 0 Å². The van der Waals surface area contributed by atoms with Crippen LogP contribution < -0.4 is 10.1 Å². The van der Waals surface area contributed by atoms with Crippen molar-refractivity contribution in [1.29, 1.82) is 0 Å². The van der Waals surface area contributed by atoms with Gasteiger partial charge in [-0.2, -0.15) is 0 Å². The van der Waals surface area contributed by atoms with Gasteiger partial charge < -0.3 is 54.9 Å². The Morgan fingerprint density at radius 3 is 2.09 bits per heavy atom. The number of nitro benzene ring substituents is 1. The highest BCUT2D eigenvalue weighted by molar-refractivity contribution is 5.73. The fourth-order valence-corrected chi connectivity index (χ4v) is 3.83. The maximum Gasteiger partial charge on any atom is 0.269 e. The Hall–Kier alpha value is -2.47. The van der Waals surface area contributed by atoms with Crippen molar-refractivity contribution < 1.29 is 59.3 Å². The summed E-state index contributed by atoms with van der Waals surface area (Å²) < 4.78 is 22.3. The number of amides is 1. The normalized spacial score (nSPS) is 37.5. The van der Waals surface area contributed by atoms with Crippen molar-refractivity contribution in [3.8, 4) is 5.75 Å². The van der Waals surface area contributed by atoms with Gasteiger partial charge in [0.25, 0.3) is 5.69 Å². The van der Waals surface area contributed by atoms with Crippen LogP contribution in [0.15, 0.2) is 24.3 Å². The molecule has 1 aromatic carbocycles. The van der Waals surface area contributed by atoms with E-state index in [-0.39, 0.29) is 11.4 Å². The van der Waals surface area contributed by atoms with E-state index in [1.807, 2.05) is 0 Å². The maximum absolute atomic E-state index is 11.9. The average Bonchev–Trinajstić information content (AvgIpc) is 2.82. The third kappa shape index (κ3) is 6.03. The lowest BCUT2D eigenvalue weighted by molar-refractivity contribution is -0.384. The molecule has 1 amide bonds. The average molecular weight is 504 g/mol. The molecule has 0 bridgehead atoms. The molecule has 3 rings (SSSR count). The summed E-state index contributed by atoms with van der Waals surface area (Å²) in [5, 5.41) is 73.6. The number of nitrogens with zero attached hydrogens (tertiary/aromatic N) is 1. The standard InChI is InChI=1S/C20H28N2O13/c1-8(25)21-13-18(35-20-17(29)16(28)14(26)11(6-23)34-20)15(27)12(7-24)33-19(13)32-10-4-2-9(3-5-10)22(30)31/h2-5,11-20,23-24,26-29H,6-7H2,1H3,(H,21,25)/t11?,12?,13-,14-,15-,16?,17-,18?,19-,20-/m0/s1. The predicted octanol–water partition coefficient (Wildman–Crippen LogP) is -3.26. The molecule has 2 aliphatic heterocycles. The quantitative estimate of drug-likeness (QED) is 0.136. The van der Waals surface area contributed by atoms with E-state index >= 15 is 0 Å². The van der Waals surface area contributed by atoms with Crippen LogP contribution in [-0.4, -0.2) is 116 Å². The van der Waals surface area contributed by atoms with E-state index < -0.39 is 85.4 Å². The van der Waals surface area contributed by atoms with Gasteiger partial charge in [-0.1, -0.05) is 0 Å². The van der Waals surface area contributed by atoms with Crippen LogP contribution in [0.4, 0.5) is 5.69 Å². The minimum absolute atomic E-state index is 0.0932. The van der Waals surface area contributed by atoms with Crippen molar-refractivity contribution in [2.75, 3.05) is 13.2 Å². The number of benzene rings is 1. The summed E-state index contributed by atoms with van der Waals surface area (Å²) in [6.07, 6.45) is -13.9. The van der Waals surface area contributed by atoms with E-state index in [0.29, 0.717) is 0 Å². The zero-order valence-corrected chi connectivity index (χ0v) is 18.5. The summed E-state index contributed by atoms with van der Waals surface area (Å²) >= 11 is 0. The van der Waals surface area contributed by atoms with Gasteiger partial charge in [-0.25, -0.2) is 0 Å².